The Morgan fingerprint density at radius 3 is 2.72 bits per heavy atom. The number of furan rings is 1. The summed E-state index contributed by atoms with van der Waals surface area (Å²) in [6, 6.07) is 9.84. The van der Waals surface area contributed by atoms with Gasteiger partial charge in [0.05, 0.1) is 18.3 Å². The lowest BCUT2D eigenvalue weighted by Crippen LogP contribution is -2.66. The number of anilines is 1. The number of aromatic nitrogens is 1. The van der Waals surface area contributed by atoms with E-state index in [4.69, 9.17) is 4.42 Å². The summed E-state index contributed by atoms with van der Waals surface area (Å²) in [7, 11) is 0. The summed E-state index contributed by atoms with van der Waals surface area (Å²) >= 11 is 0. The van der Waals surface area contributed by atoms with E-state index in [0.717, 1.165) is 41.6 Å². The number of fused-ring (bicyclic) bond motifs is 3. The third kappa shape index (κ3) is 3.15. The largest absolute Gasteiger partial charge is 0.463 e. The van der Waals surface area contributed by atoms with Gasteiger partial charge in [0.2, 0.25) is 5.91 Å². The van der Waals surface area contributed by atoms with Crippen LogP contribution in [0.25, 0.3) is 11.1 Å². The molecular formula is C26H31N3O3. The molecule has 3 atom stereocenters. The zero-order chi connectivity index (χ0) is 22.6. The number of benzene rings is 1. The summed E-state index contributed by atoms with van der Waals surface area (Å²) in [4.78, 5) is 29.5. The minimum atomic E-state index is -1.07. The molecule has 3 heterocycles. The first-order chi connectivity index (χ1) is 15.3. The molecule has 0 saturated heterocycles. The van der Waals surface area contributed by atoms with Crippen LogP contribution in [-0.4, -0.2) is 28.0 Å². The maximum Gasteiger partial charge on any atom is 0.276 e. The van der Waals surface area contributed by atoms with Crippen molar-refractivity contribution in [1.29, 1.82) is 0 Å². The molecule has 1 N–H and O–H groups in total. The van der Waals surface area contributed by atoms with Crippen molar-refractivity contribution in [2.75, 3.05) is 4.90 Å². The molecule has 3 aromatic rings. The minimum absolute atomic E-state index is 0.0958. The van der Waals surface area contributed by atoms with Gasteiger partial charge in [0, 0.05) is 23.9 Å². The Kier molecular flexibility index (Phi) is 4.91. The number of hydrogen-bond acceptors (Lipinski definition) is 3. The molecule has 1 saturated carbocycles. The van der Waals surface area contributed by atoms with Gasteiger partial charge in [0.1, 0.15) is 11.2 Å². The van der Waals surface area contributed by atoms with Gasteiger partial charge in [0.15, 0.2) is 5.58 Å². The molecule has 1 aliphatic heterocycles. The van der Waals surface area contributed by atoms with Crippen molar-refractivity contribution >= 4 is 28.6 Å². The van der Waals surface area contributed by atoms with Gasteiger partial charge in [-0.2, -0.15) is 0 Å². The average molecular weight is 434 g/mol. The van der Waals surface area contributed by atoms with Gasteiger partial charge in [-0.25, -0.2) is 0 Å². The van der Waals surface area contributed by atoms with Gasteiger partial charge in [-0.05, 0) is 56.7 Å². The molecule has 1 fully saturated rings. The summed E-state index contributed by atoms with van der Waals surface area (Å²) in [6.45, 7) is 8.47. The summed E-state index contributed by atoms with van der Waals surface area (Å²) in [5.41, 5.74) is 3.81. The van der Waals surface area contributed by atoms with Crippen LogP contribution < -0.4 is 10.2 Å². The van der Waals surface area contributed by atoms with Gasteiger partial charge in [-0.15, -0.1) is 0 Å². The predicted octanol–water partition coefficient (Wildman–Crippen LogP) is 4.97. The second-order valence-corrected chi connectivity index (χ2v) is 9.83. The van der Waals surface area contributed by atoms with E-state index >= 15 is 0 Å². The normalized spacial score (nSPS) is 25.8. The fourth-order valence-electron chi connectivity index (χ4n) is 5.41. The number of nitrogens with one attached hydrogen (secondary N) is 1. The van der Waals surface area contributed by atoms with Crippen LogP contribution in [0.4, 0.5) is 5.69 Å². The third-order valence-electron chi connectivity index (χ3n) is 7.43. The second-order valence-electron chi connectivity index (χ2n) is 9.83. The Bertz CT molecular complexity index is 1210. The second kappa shape index (κ2) is 7.54. The SMILES string of the molecule is Cc1ccc(C)c(N2C(=O)c3cc4occc4n3C[C@]2(C)C(=O)N[C@@H]2CCCC[C@H]2C)c1. The van der Waals surface area contributed by atoms with Crippen LogP contribution in [0.1, 0.15) is 61.1 Å². The molecular weight excluding hydrogens is 402 g/mol. The number of rotatable bonds is 3. The Labute approximate surface area is 188 Å². The van der Waals surface area contributed by atoms with Crippen molar-refractivity contribution in [1.82, 2.24) is 9.88 Å². The van der Waals surface area contributed by atoms with E-state index in [1.54, 1.807) is 17.2 Å². The van der Waals surface area contributed by atoms with E-state index in [-0.39, 0.29) is 17.9 Å². The number of hydrogen-bond donors (Lipinski definition) is 1. The highest BCUT2D eigenvalue weighted by Crippen LogP contribution is 2.38. The van der Waals surface area contributed by atoms with E-state index in [1.165, 1.54) is 6.42 Å². The molecule has 32 heavy (non-hydrogen) atoms. The lowest BCUT2D eigenvalue weighted by atomic mass is 9.84. The van der Waals surface area contributed by atoms with E-state index in [1.807, 2.05) is 49.6 Å². The quantitative estimate of drug-likeness (QED) is 0.634. The van der Waals surface area contributed by atoms with Gasteiger partial charge in [-0.3, -0.25) is 14.5 Å². The first-order valence-electron chi connectivity index (χ1n) is 11.6. The fourth-order valence-corrected chi connectivity index (χ4v) is 5.41. The molecule has 1 aliphatic carbocycles. The highest BCUT2D eigenvalue weighted by Gasteiger charge is 2.49. The first kappa shape index (κ1) is 20.9. The third-order valence-corrected chi connectivity index (χ3v) is 7.43. The summed E-state index contributed by atoms with van der Waals surface area (Å²) < 4.78 is 7.51. The molecule has 5 rings (SSSR count). The van der Waals surface area contributed by atoms with Crippen LogP contribution in [0.3, 0.4) is 0 Å². The topological polar surface area (TPSA) is 67.5 Å². The zero-order valence-corrected chi connectivity index (χ0v) is 19.3. The van der Waals surface area contributed by atoms with Crippen molar-refractivity contribution in [2.24, 2.45) is 5.92 Å². The van der Waals surface area contributed by atoms with Gasteiger partial charge in [-0.1, -0.05) is 31.9 Å². The molecule has 0 bridgehead atoms. The molecule has 2 aromatic heterocycles. The summed E-state index contributed by atoms with van der Waals surface area (Å²) in [6.07, 6.45) is 6.08. The predicted molar refractivity (Wildman–Crippen MR) is 125 cm³/mol. The van der Waals surface area contributed by atoms with Gasteiger partial charge >= 0.3 is 0 Å². The highest BCUT2D eigenvalue weighted by atomic mass is 16.3. The molecule has 1 aromatic carbocycles. The molecule has 6 heteroatoms. The molecule has 2 aliphatic rings. The number of amides is 2. The molecule has 2 amide bonds. The van der Waals surface area contributed by atoms with E-state index in [0.29, 0.717) is 23.7 Å². The molecule has 0 unspecified atom stereocenters. The Morgan fingerprint density at radius 1 is 1.16 bits per heavy atom. The van der Waals surface area contributed by atoms with Crippen LogP contribution in [-0.2, 0) is 11.3 Å². The van der Waals surface area contributed by atoms with Crippen LogP contribution in [0.15, 0.2) is 41.0 Å². The van der Waals surface area contributed by atoms with Crippen LogP contribution in [0.2, 0.25) is 0 Å². The number of aryl methyl sites for hydroxylation is 2. The zero-order valence-electron chi connectivity index (χ0n) is 19.3. The lowest BCUT2D eigenvalue weighted by molar-refractivity contribution is -0.127. The van der Waals surface area contributed by atoms with Crippen LogP contribution >= 0.6 is 0 Å². The summed E-state index contributed by atoms with van der Waals surface area (Å²) in [5, 5.41) is 3.33. The van der Waals surface area contributed by atoms with Crippen molar-refractivity contribution in [3.8, 4) is 0 Å². The van der Waals surface area contributed by atoms with Gasteiger partial charge < -0.3 is 14.3 Å². The Hall–Kier alpha value is -3.02. The van der Waals surface area contributed by atoms with E-state index < -0.39 is 5.54 Å². The fraction of sp³-hybridized carbons (Fsp3) is 0.462. The average Bonchev–Trinajstić information content (AvgIpc) is 3.35. The van der Waals surface area contributed by atoms with Crippen molar-refractivity contribution in [3.05, 3.63) is 53.4 Å². The Morgan fingerprint density at radius 2 is 1.94 bits per heavy atom. The molecule has 0 spiro atoms. The van der Waals surface area contributed by atoms with Crippen LogP contribution in [0.5, 0.6) is 0 Å². The first-order valence-corrected chi connectivity index (χ1v) is 11.6. The lowest BCUT2D eigenvalue weighted by Gasteiger charge is -2.45. The van der Waals surface area contributed by atoms with Crippen molar-refractivity contribution < 1.29 is 14.0 Å². The number of carbonyl (C=O) groups excluding carboxylic acids is 2. The van der Waals surface area contributed by atoms with Gasteiger partial charge in [0.25, 0.3) is 5.91 Å². The number of carbonyl (C=O) groups is 2. The standard InChI is InChI=1S/C26H31N3O3/c1-16-9-10-18(3)21(13-16)29-24(30)22-14-23-20(11-12-32-23)28(22)15-26(29,4)25(31)27-19-8-6-5-7-17(19)2/h9-14,17,19H,5-8,15H2,1-4H3,(H,27,31)/t17-,19-,26-/m1/s1. The maximum absolute atomic E-state index is 13.9. The smallest absolute Gasteiger partial charge is 0.276 e. The highest BCUT2D eigenvalue weighted by molar-refractivity contribution is 6.14. The van der Waals surface area contributed by atoms with Crippen LogP contribution in [0, 0.1) is 19.8 Å². The molecule has 0 radical (unpaired) electrons. The van der Waals surface area contributed by atoms with Crippen molar-refractivity contribution in [3.63, 3.8) is 0 Å². The monoisotopic (exact) mass is 433 g/mol. The van der Waals surface area contributed by atoms with E-state index in [2.05, 4.69) is 12.2 Å². The maximum atomic E-state index is 13.9. The molecule has 6 nitrogen and oxygen atoms in total. The minimum Gasteiger partial charge on any atom is -0.463 e. The molecule has 168 valence electrons. The Balaban J connectivity index is 1.62. The number of nitrogens with zero attached hydrogens (tertiary/aromatic N) is 2. The van der Waals surface area contributed by atoms with E-state index in [9.17, 15) is 9.59 Å². The summed E-state index contributed by atoms with van der Waals surface area (Å²) in [5.74, 6) is 0.166. The van der Waals surface area contributed by atoms with Crippen molar-refractivity contribution in [2.45, 2.75) is 71.5 Å².